The number of thioether (sulfide) groups is 2. The Balaban J connectivity index is 1.48. The van der Waals surface area contributed by atoms with Gasteiger partial charge in [0.2, 0.25) is 5.91 Å². The first-order chi connectivity index (χ1) is 15.4. The largest absolute Gasteiger partial charge is 0.398 e. The average molecular weight is 494 g/mol. The number of halogens is 1. The van der Waals surface area contributed by atoms with Crippen LogP contribution in [-0.4, -0.2) is 48.5 Å². The van der Waals surface area contributed by atoms with Gasteiger partial charge in [0.05, 0.1) is 0 Å². The molecular formula is C25H36ClN3OS2. The van der Waals surface area contributed by atoms with Crippen LogP contribution in [-0.2, 0) is 4.79 Å². The summed E-state index contributed by atoms with van der Waals surface area (Å²) in [6.45, 7) is 11.8. The first-order valence-corrected chi connectivity index (χ1v) is 13.9. The Morgan fingerprint density at radius 1 is 1.28 bits per heavy atom. The van der Waals surface area contributed by atoms with Crippen molar-refractivity contribution in [2.24, 2.45) is 11.8 Å². The Labute approximate surface area is 206 Å². The molecule has 0 bridgehead atoms. The van der Waals surface area contributed by atoms with Crippen molar-refractivity contribution in [1.82, 2.24) is 10.2 Å². The molecular weight excluding hydrogens is 458 g/mol. The zero-order valence-electron chi connectivity index (χ0n) is 18.9. The van der Waals surface area contributed by atoms with Gasteiger partial charge in [0.15, 0.2) is 0 Å². The van der Waals surface area contributed by atoms with Crippen LogP contribution in [0.1, 0.15) is 38.5 Å². The Hall–Kier alpha value is -1.08. The molecule has 1 aliphatic heterocycles. The highest BCUT2D eigenvalue weighted by Crippen LogP contribution is 2.38. The van der Waals surface area contributed by atoms with Crippen LogP contribution in [0.4, 0.5) is 5.69 Å². The van der Waals surface area contributed by atoms with Crippen LogP contribution in [0.5, 0.6) is 0 Å². The Morgan fingerprint density at radius 3 is 2.72 bits per heavy atom. The van der Waals surface area contributed by atoms with E-state index in [1.807, 2.05) is 23.9 Å². The van der Waals surface area contributed by atoms with E-state index in [0.717, 1.165) is 59.5 Å². The number of nitrogens with two attached hydrogens (primary N) is 1. The lowest BCUT2D eigenvalue weighted by Crippen LogP contribution is -2.39. The second kappa shape index (κ2) is 13.0. The molecule has 1 atom stereocenters. The van der Waals surface area contributed by atoms with E-state index in [-0.39, 0.29) is 5.91 Å². The molecule has 1 amide bonds. The maximum absolute atomic E-state index is 12.7. The number of allylic oxidation sites excluding steroid dienone is 1. The minimum atomic E-state index is 0.00567. The van der Waals surface area contributed by atoms with E-state index in [0.29, 0.717) is 29.0 Å². The predicted octanol–water partition coefficient (Wildman–Crippen LogP) is 5.84. The number of nitrogen functional groups attached to an aromatic ring is 1. The first-order valence-electron chi connectivity index (χ1n) is 11.6. The third-order valence-electron chi connectivity index (χ3n) is 6.45. The quantitative estimate of drug-likeness (QED) is 0.230. The van der Waals surface area contributed by atoms with Crippen molar-refractivity contribution in [3.05, 3.63) is 46.9 Å². The second-order valence-corrected chi connectivity index (χ2v) is 11.8. The molecule has 2 fully saturated rings. The fraction of sp³-hybridized carbons (Fsp3) is 0.560. The molecule has 3 rings (SSSR count). The van der Waals surface area contributed by atoms with Gasteiger partial charge in [-0.1, -0.05) is 62.2 Å². The lowest BCUT2D eigenvalue weighted by molar-refractivity contribution is -0.118. The lowest BCUT2D eigenvalue weighted by Gasteiger charge is -2.27. The van der Waals surface area contributed by atoms with Crippen molar-refractivity contribution >= 4 is 46.7 Å². The van der Waals surface area contributed by atoms with E-state index in [2.05, 4.69) is 23.4 Å². The van der Waals surface area contributed by atoms with Gasteiger partial charge in [0.25, 0.3) is 0 Å². The predicted molar refractivity (Wildman–Crippen MR) is 141 cm³/mol. The van der Waals surface area contributed by atoms with Crippen LogP contribution in [0, 0.1) is 11.8 Å². The zero-order valence-corrected chi connectivity index (χ0v) is 21.3. The van der Waals surface area contributed by atoms with Crippen molar-refractivity contribution in [1.29, 1.82) is 0 Å². The van der Waals surface area contributed by atoms with Crippen molar-refractivity contribution < 1.29 is 4.79 Å². The van der Waals surface area contributed by atoms with E-state index in [1.54, 1.807) is 17.8 Å². The Bertz CT molecular complexity index is 804. The lowest BCUT2D eigenvalue weighted by atomic mass is 9.87. The molecule has 176 valence electrons. The number of benzene rings is 1. The molecule has 1 saturated carbocycles. The fourth-order valence-electron chi connectivity index (χ4n) is 4.53. The van der Waals surface area contributed by atoms with Gasteiger partial charge in [0.1, 0.15) is 0 Å². The molecule has 4 nitrogen and oxygen atoms in total. The van der Waals surface area contributed by atoms with Crippen LogP contribution in [0.3, 0.4) is 0 Å². The summed E-state index contributed by atoms with van der Waals surface area (Å²) < 4.78 is 0. The minimum absolute atomic E-state index is 0.00567. The summed E-state index contributed by atoms with van der Waals surface area (Å²) in [7, 11) is 0. The summed E-state index contributed by atoms with van der Waals surface area (Å²) in [4.78, 5) is 17.1. The highest BCUT2D eigenvalue weighted by molar-refractivity contribution is 8.03. The third kappa shape index (κ3) is 8.05. The van der Waals surface area contributed by atoms with Crippen molar-refractivity contribution in [2.75, 3.05) is 43.4 Å². The number of anilines is 1. The van der Waals surface area contributed by atoms with E-state index in [9.17, 15) is 4.79 Å². The summed E-state index contributed by atoms with van der Waals surface area (Å²) in [6, 6.07) is 5.54. The van der Waals surface area contributed by atoms with E-state index >= 15 is 0 Å². The summed E-state index contributed by atoms with van der Waals surface area (Å²) in [5.74, 6) is 3.43. The zero-order chi connectivity index (χ0) is 22.9. The number of hydrogen-bond acceptors (Lipinski definition) is 5. The van der Waals surface area contributed by atoms with Crippen LogP contribution >= 0.6 is 35.1 Å². The molecule has 3 N–H and O–H groups in total. The van der Waals surface area contributed by atoms with Gasteiger partial charge in [-0.2, -0.15) is 11.8 Å². The molecule has 1 saturated heterocycles. The summed E-state index contributed by atoms with van der Waals surface area (Å²) in [5.41, 5.74) is 7.50. The van der Waals surface area contributed by atoms with Crippen molar-refractivity contribution in [3.8, 4) is 0 Å². The molecule has 0 radical (unpaired) electrons. The first kappa shape index (κ1) is 25.5. The molecule has 1 aliphatic carbocycles. The maximum Gasteiger partial charge on any atom is 0.247 e. The SMILES string of the molecule is C=C(CCC(CNC(=O)C(=C)CN1CCSCC1)C1CCCC1)Sc1cc(Cl)ccc1N. The Kier molecular flexibility index (Phi) is 10.4. The molecule has 1 heterocycles. The highest BCUT2D eigenvalue weighted by Gasteiger charge is 2.26. The number of carbonyl (C=O) groups is 1. The van der Waals surface area contributed by atoms with Crippen LogP contribution in [0.25, 0.3) is 0 Å². The number of hydrogen-bond donors (Lipinski definition) is 2. The van der Waals surface area contributed by atoms with Gasteiger partial charge in [0, 0.05) is 58.9 Å². The molecule has 32 heavy (non-hydrogen) atoms. The summed E-state index contributed by atoms with van der Waals surface area (Å²) in [5, 5.41) is 3.88. The number of nitrogens with zero attached hydrogens (tertiary/aromatic N) is 1. The number of carbonyl (C=O) groups excluding carboxylic acids is 1. The molecule has 0 aromatic heterocycles. The van der Waals surface area contributed by atoms with Gasteiger partial charge in [-0.25, -0.2) is 0 Å². The molecule has 1 unspecified atom stereocenters. The molecule has 2 aliphatic rings. The van der Waals surface area contributed by atoms with E-state index in [1.165, 1.54) is 25.7 Å². The van der Waals surface area contributed by atoms with Crippen LogP contribution in [0.15, 0.2) is 46.7 Å². The second-order valence-electron chi connectivity index (χ2n) is 8.87. The van der Waals surface area contributed by atoms with Crippen molar-refractivity contribution in [3.63, 3.8) is 0 Å². The normalized spacial score (nSPS) is 18.4. The average Bonchev–Trinajstić information content (AvgIpc) is 3.31. The standard InChI is InChI=1S/C25H36ClN3OS2/c1-18(17-29-11-13-31-14-12-29)25(30)28-16-21(20-5-3-4-6-20)8-7-19(2)32-24-15-22(26)9-10-23(24)27/h9-10,15,20-21H,1-8,11-14,16-17,27H2,(H,28,30). The van der Waals surface area contributed by atoms with E-state index in [4.69, 9.17) is 17.3 Å². The monoisotopic (exact) mass is 493 g/mol. The minimum Gasteiger partial charge on any atom is -0.398 e. The fourth-order valence-corrected chi connectivity index (χ4v) is 6.65. The number of nitrogens with one attached hydrogen (secondary N) is 1. The highest BCUT2D eigenvalue weighted by atomic mass is 35.5. The van der Waals surface area contributed by atoms with Gasteiger partial charge in [-0.15, -0.1) is 0 Å². The summed E-state index contributed by atoms with van der Waals surface area (Å²) >= 11 is 9.70. The smallest absolute Gasteiger partial charge is 0.247 e. The topological polar surface area (TPSA) is 58.4 Å². The Morgan fingerprint density at radius 2 is 2.00 bits per heavy atom. The van der Waals surface area contributed by atoms with Gasteiger partial charge < -0.3 is 11.1 Å². The molecule has 1 aromatic rings. The molecule has 0 spiro atoms. The van der Waals surface area contributed by atoms with Gasteiger partial charge >= 0.3 is 0 Å². The third-order valence-corrected chi connectivity index (χ3v) is 8.70. The van der Waals surface area contributed by atoms with Crippen LogP contribution < -0.4 is 11.1 Å². The summed E-state index contributed by atoms with van der Waals surface area (Å²) in [6.07, 6.45) is 7.03. The van der Waals surface area contributed by atoms with Gasteiger partial charge in [-0.3, -0.25) is 9.69 Å². The van der Waals surface area contributed by atoms with Crippen molar-refractivity contribution in [2.45, 2.75) is 43.4 Å². The number of amides is 1. The van der Waals surface area contributed by atoms with E-state index < -0.39 is 0 Å². The maximum atomic E-state index is 12.7. The van der Waals surface area contributed by atoms with Crippen LogP contribution in [0.2, 0.25) is 5.02 Å². The number of rotatable bonds is 11. The molecule has 1 aromatic carbocycles. The molecule has 7 heteroatoms. The van der Waals surface area contributed by atoms with Gasteiger partial charge in [-0.05, 0) is 47.8 Å².